The average molecular weight is 152 g/mol. The minimum absolute atomic E-state index is 0.646. The molecular formula is C9H16N2. The van der Waals surface area contributed by atoms with Crippen LogP contribution >= 0.6 is 0 Å². The van der Waals surface area contributed by atoms with Gasteiger partial charge >= 0.3 is 0 Å². The van der Waals surface area contributed by atoms with Gasteiger partial charge in [-0.25, -0.2) is 0 Å². The Morgan fingerprint density at radius 2 is 2.36 bits per heavy atom. The van der Waals surface area contributed by atoms with Gasteiger partial charge in [0.25, 0.3) is 0 Å². The van der Waals surface area contributed by atoms with Crippen LogP contribution in [-0.2, 0) is 0 Å². The lowest BCUT2D eigenvalue weighted by atomic mass is 9.78. The first-order valence-corrected chi connectivity index (χ1v) is 4.48. The van der Waals surface area contributed by atoms with Gasteiger partial charge in [-0.2, -0.15) is 5.26 Å². The molecule has 0 heterocycles. The fraction of sp³-hybridized carbons (Fsp3) is 0.889. The second kappa shape index (κ2) is 4.35. The zero-order chi connectivity index (χ0) is 8.10. The molecule has 1 rings (SSSR count). The minimum Gasteiger partial charge on any atom is -0.313 e. The molecule has 62 valence electrons. The van der Waals surface area contributed by atoms with Crippen LogP contribution in [-0.4, -0.2) is 12.6 Å². The molecule has 0 saturated heterocycles. The van der Waals surface area contributed by atoms with Crippen LogP contribution in [0.25, 0.3) is 0 Å². The van der Waals surface area contributed by atoms with E-state index in [0.717, 1.165) is 12.5 Å². The summed E-state index contributed by atoms with van der Waals surface area (Å²) in [6, 6.07) is 2.86. The number of hydrogen-bond acceptors (Lipinski definition) is 2. The van der Waals surface area contributed by atoms with Gasteiger partial charge in [-0.1, -0.05) is 13.3 Å². The summed E-state index contributed by atoms with van der Waals surface area (Å²) in [4.78, 5) is 0. The molecule has 0 spiro atoms. The summed E-state index contributed by atoms with van der Waals surface area (Å²) in [5, 5.41) is 11.7. The smallest absolute Gasteiger partial charge is 0.0635 e. The molecule has 0 aliphatic heterocycles. The van der Waals surface area contributed by atoms with Gasteiger partial charge in [-0.15, -0.1) is 0 Å². The maximum absolute atomic E-state index is 8.30. The van der Waals surface area contributed by atoms with Crippen molar-refractivity contribution in [3.05, 3.63) is 0 Å². The van der Waals surface area contributed by atoms with Crippen molar-refractivity contribution < 1.29 is 0 Å². The summed E-state index contributed by atoms with van der Waals surface area (Å²) in [6.45, 7) is 3.11. The Bertz CT molecular complexity index is 146. The molecule has 2 heteroatoms. The topological polar surface area (TPSA) is 35.8 Å². The van der Waals surface area contributed by atoms with Crippen LogP contribution in [0.2, 0.25) is 0 Å². The summed E-state index contributed by atoms with van der Waals surface area (Å²) in [7, 11) is 0. The summed E-state index contributed by atoms with van der Waals surface area (Å²) in [5.41, 5.74) is 0. The number of nitrogens with one attached hydrogen (secondary N) is 1. The molecule has 1 aliphatic rings. The highest BCUT2D eigenvalue weighted by atomic mass is 14.9. The molecular weight excluding hydrogens is 136 g/mol. The van der Waals surface area contributed by atoms with Gasteiger partial charge in [-0.3, -0.25) is 0 Å². The third-order valence-electron chi connectivity index (χ3n) is 2.59. The van der Waals surface area contributed by atoms with Crippen LogP contribution in [0.4, 0.5) is 0 Å². The number of rotatable bonds is 4. The van der Waals surface area contributed by atoms with Crippen molar-refractivity contribution in [1.82, 2.24) is 5.32 Å². The maximum Gasteiger partial charge on any atom is 0.0635 e. The Hall–Kier alpha value is -0.550. The molecule has 1 saturated carbocycles. The Morgan fingerprint density at radius 3 is 2.82 bits per heavy atom. The highest BCUT2D eigenvalue weighted by Crippen LogP contribution is 2.29. The molecule has 0 aromatic carbocycles. The van der Waals surface area contributed by atoms with Crippen LogP contribution in [0, 0.1) is 17.2 Å². The van der Waals surface area contributed by atoms with E-state index in [-0.39, 0.29) is 0 Å². The Morgan fingerprint density at radius 1 is 1.55 bits per heavy atom. The second-order valence-corrected chi connectivity index (χ2v) is 3.21. The zero-order valence-corrected chi connectivity index (χ0v) is 7.14. The van der Waals surface area contributed by atoms with Gasteiger partial charge in [0.15, 0.2) is 0 Å². The van der Waals surface area contributed by atoms with Crippen LogP contribution < -0.4 is 5.32 Å². The van der Waals surface area contributed by atoms with Crippen molar-refractivity contribution in [3.8, 4) is 6.07 Å². The van der Waals surface area contributed by atoms with Crippen LogP contribution in [0.5, 0.6) is 0 Å². The number of hydrogen-bond donors (Lipinski definition) is 1. The van der Waals surface area contributed by atoms with Crippen molar-refractivity contribution in [1.29, 1.82) is 5.26 Å². The molecule has 0 bridgehead atoms. The standard InChI is InChI=1S/C9H16N2/c1-2-8-4-5-9(8)11-7-3-6-10/h8-9,11H,2-5,7H2,1H3. The van der Waals surface area contributed by atoms with Crippen molar-refractivity contribution >= 4 is 0 Å². The maximum atomic E-state index is 8.30. The average Bonchev–Trinajstić information content (AvgIpc) is 1.97. The van der Waals surface area contributed by atoms with Gasteiger partial charge in [0.1, 0.15) is 0 Å². The normalized spacial score (nSPS) is 29.1. The van der Waals surface area contributed by atoms with E-state index >= 15 is 0 Å². The SMILES string of the molecule is CCC1CCC1NCCC#N. The Balaban J connectivity index is 2.04. The predicted octanol–water partition coefficient (Wildman–Crippen LogP) is 1.68. The molecule has 2 atom stereocenters. The molecule has 2 nitrogen and oxygen atoms in total. The van der Waals surface area contributed by atoms with Crippen molar-refractivity contribution in [2.24, 2.45) is 5.92 Å². The molecule has 2 unspecified atom stereocenters. The Labute approximate surface area is 68.6 Å². The molecule has 0 amide bonds. The second-order valence-electron chi connectivity index (χ2n) is 3.21. The largest absolute Gasteiger partial charge is 0.313 e. The monoisotopic (exact) mass is 152 g/mol. The van der Waals surface area contributed by atoms with E-state index in [4.69, 9.17) is 5.26 Å². The summed E-state index contributed by atoms with van der Waals surface area (Å²) in [6.07, 6.45) is 4.61. The molecule has 0 radical (unpaired) electrons. The van der Waals surface area contributed by atoms with E-state index in [0.29, 0.717) is 12.5 Å². The fourth-order valence-electron chi connectivity index (χ4n) is 1.64. The van der Waals surface area contributed by atoms with E-state index in [2.05, 4.69) is 18.3 Å². The van der Waals surface area contributed by atoms with Gasteiger partial charge in [0.2, 0.25) is 0 Å². The first kappa shape index (κ1) is 8.55. The minimum atomic E-state index is 0.646. The lowest BCUT2D eigenvalue weighted by Crippen LogP contribution is -2.43. The van der Waals surface area contributed by atoms with Gasteiger partial charge < -0.3 is 5.32 Å². The third-order valence-corrected chi connectivity index (χ3v) is 2.59. The van der Waals surface area contributed by atoms with Gasteiger partial charge in [0.05, 0.1) is 6.07 Å². The van der Waals surface area contributed by atoms with Crippen LogP contribution in [0.1, 0.15) is 32.6 Å². The lowest BCUT2D eigenvalue weighted by Gasteiger charge is -2.36. The molecule has 1 aliphatic carbocycles. The number of nitriles is 1. The highest BCUT2D eigenvalue weighted by Gasteiger charge is 2.27. The van der Waals surface area contributed by atoms with Crippen LogP contribution in [0.15, 0.2) is 0 Å². The number of nitrogens with zero attached hydrogens (tertiary/aromatic N) is 1. The van der Waals surface area contributed by atoms with E-state index in [9.17, 15) is 0 Å². The lowest BCUT2D eigenvalue weighted by molar-refractivity contribution is 0.205. The molecule has 11 heavy (non-hydrogen) atoms. The first-order chi connectivity index (χ1) is 5.38. The molecule has 0 aromatic heterocycles. The summed E-state index contributed by atoms with van der Waals surface area (Å²) in [5.74, 6) is 0.883. The van der Waals surface area contributed by atoms with E-state index < -0.39 is 0 Å². The summed E-state index contributed by atoms with van der Waals surface area (Å²) < 4.78 is 0. The van der Waals surface area contributed by atoms with E-state index in [1.807, 2.05) is 0 Å². The molecule has 1 N–H and O–H groups in total. The van der Waals surface area contributed by atoms with E-state index in [1.165, 1.54) is 19.3 Å². The molecule has 1 fully saturated rings. The van der Waals surface area contributed by atoms with Crippen molar-refractivity contribution in [3.63, 3.8) is 0 Å². The first-order valence-electron chi connectivity index (χ1n) is 4.48. The quantitative estimate of drug-likeness (QED) is 0.622. The predicted molar refractivity (Wildman–Crippen MR) is 45.0 cm³/mol. The highest BCUT2D eigenvalue weighted by molar-refractivity contribution is 4.86. The molecule has 0 aromatic rings. The summed E-state index contributed by atoms with van der Waals surface area (Å²) >= 11 is 0. The Kier molecular flexibility index (Phi) is 3.38. The van der Waals surface area contributed by atoms with E-state index in [1.54, 1.807) is 0 Å². The van der Waals surface area contributed by atoms with Gasteiger partial charge in [0, 0.05) is 19.0 Å². The van der Waals surface area contributed by atoms with Gasteiger partial charge in [-0.05, 0) is 18.8 Å². The third kappa shape index (κ3) is 2.20. The zero-order valence-electron chi connectivity index (χ0n) is 7.14. The van der Waals surface area contributed by atoms with Crippen molar-refractivity contribution in [2.75, 3.05) is 6.54 Å². The van der Waals surface area contributed by atoms with Crippen LogP contribution in [0.3, 0.4) is 0 Å². The van der Waals surface area contributed by atoms with Crippen molar-refractivity contribution in [2.45, 2.75) is 38.6 Å². The fourth-order valence-corrected chi connectivity index (χ4v) is 1.64.